The predicted octanol–water partition coefficient (Wildman–Crippen LogP) is 11.5. The second kappa shape index (κ2) is 14.9. The largest absolute Gasteiger partial charge is 0.0837 e. The minimum Gasteiger partial charge on any atom is -0.0837 e. The normalized spacial score (nSPS) is 23.4. The molecule has 3 aliphatic rings. The van der Waals surface area contributed by atoms with Gasteiger partial charge >= 0.3 is 0 Å². The summed E-state index contributed by atoms with van der Waals surface area (Å²) in [6, 6.07) is 14.9. The standard InChI is InChI=1S/C34H58Si2/c1-5-7-9-11-13-15-17-22-30-36(31-23-18-16-14-12-10-8-6-2)34(32-24-20-19-21-25-32)28-26-33(27-29-34)35(36,3)4/h19-21,24-29,33H,5-18,22-23,30-31H2,1-4H3. The second-order valence-electron chi connectivity index (χ2n) is 12.7. The van der Waals surface area contributed by atoms with Crippen LogP contribution >= 0.6 is 0 Å². The monoisotopic (exact) mass is 522 g/mol. The van der Waals surface area contributed by atoms with Gasteiger partial charge in [0, 0.05) is 5.04 Å². The second-order valence-corrected chi connectivity index (χ2v) is 27.6. The van der Waals surface area contributed by atoms with E-state index >= 15 is 0 Å². The highest BCUT2D eigenvalue weighted by Crippen LogP contribution is 2.58. The third-order valence-electron chi connectivity index (χ3n) is 10.2. The average molecular weight is 523 g/mol. The van der Waals surface area contributed by atoms with Crippen LogP contribution in [0.2, 0.25) is 30.7 Å². The lowest BCUT2D eigenvalue weighted by molar-refractivity contribution is 0.577. The van der Waals surface area contributed by atoms with Gasteiger partial charge in [-0.1, -0.05) is 196 Å². The van der Waals surface area contributed by atoms with E-state index in [0.29, 0.717) is 0 Å². The van der Waals surface area contributed by atoms with Crippen LogP contribution < -0.4 is 0 Å². The van der Waals surface area contributed by atoms with Crippen molar-refractivity contribution >= 4 is 15.2 Å². The van der Waals surface area contributed by atoms with Crippen LogP contribution in [0.5, 0.6) is 0 Å². The van der Waals surface area contributed by atoms with Gasteiger partial charge in [0.15, 0.2) is 0 Å². The van der Waals surface area contributed by atoms with Crippen LogP contribution in [0.15, 0.2) is 54.6 Å². The highest BCUT2D eigenvalue weighted by molar-refractivity contribution is 7.44. The molecule has 1 aromatic rings. The fourth-order valence-electron chi connectivity index (χ4n) is 7.77. The van der Waals surface area contributed by atoms with Crippen molar-refractivity contribution in [2.24, 2.45) is 0 Å². The topological polar surface area (TPSA) is 0 Å². The van der Waals surface area contributed by atoms with Crippen LogP contribution in [0.3, 0.4) is 0 Å². The maximum Gasteiger partial charge on any atom is 0.0692 e. The highest BCUT2D eigenvalue weighted by Gasteiger charge is 2.64. The summed E-state index contributed by atoms with van der Waals surface area (Å²) in [6.45, 7) is 10.3. The van der Waals surface area contributed by atoms with E-state index in [-0.39, 0.29) is 5.04 Å². The molecule has 1 aromatic carbocycles. The summed E-state index contributed by atoms with van der Waals surface area (Å²) >= 11 is 0. The van der Waals surface area contributed by atoms with Crippen molar-refractivity contribution in [2.75, 3.05) is 0 Å². The van der Waals surface area contributed by atoms with Crippen molar-refractivity contribution in [1.29, 1.82) is 0 Å². The Kier molecular flexibility index (Phi) is 12.3. The molecule has 0 aromatic heterocycles. The van der Waals surface area contributed by atoms with Gasteiger partial charge in [-0.3, -0.25) is 0 Å². The molecule has 2 aliphatic heterocycles. The molecule has 0 amide bonds. The summed E-state index contributed by atoms with van der Waals surface area (Å²) in [5.41, 5.74) is 2.39. The summed E-state index contributed by atoms with van der Waals surface area (Å²) in [6.07, 6.45) is 33.8. The zero-order valence-electron chi connectivity index (χ0n) is 24.5. The number of rotatable bonds is 19. The fraction of sp³-hybridized carbons (Fsp3) is 0.706. The first-order valence-corrected chi connectivity index (χ1v) is 22.5. The van der Waals surface area contributed by atoms with Gasteiger partial charge in [0.2, 0.25) is 0 Å². The molecule has 2 bridgehead atoms. The molecule has 202 valence electrons. The number of hydrogen-bond acceptors (Lipinski definition) is 0. The molecule has 0 spiro atoms. The molecular formula is C34H58Si2. The minimum atomic E-state index is -1.58. The molecule has 0 atom stereocenters. The first-order chi connectivity index (χ1) is 17.5. The maximum absolute atomic E-state index is 2.81. The SMILES string of the molecule is CCCCCCCCCC[Si]1(CCCCCCCCCC)C2(c3ccccc3)C=CC(C=C2)[Si]1(C)C. The summed E-state index contributed by atoms with van der Waals surface area (Å²) in [4.78, 5) is 0. The number of fused-ring (bicyclic) bond motifs is 1. The molecule has 2 heterocycles. The van der Waals surface area contributed by atoms with Crippen LogP contribution in [-0.4, -0.2) is 15.2 Å². The smallest absolute Gasteiger partial charge is 0.0692 e. The van der Waals surface area contributed by atoms with Crippen molar-refractivity contribution < 1.29 is 0 Å². The Morgan fingerprint density at radius 1 is 0.583 bits per heavy atom. The molecule has 0 fully saturated rings. The Morgan fingerprint density at radius 3 is 1.44 bits per heavy atom. The van der Waals surface area contributed by atoms with Crippen molar-refractivity contribution in [3.05, 3.63) is 60.2 Å². The van der Waals surface area contributed by atoms with Crippen LogP contribution in [0.4, 0.5) is 0 Å². The van der Waals surface area contributed by atoms with E-state index in [0.717, 1.165) is 5.54 Å². The number of hydrogen-bond donors (Lipinski definition) is 0. The van der Waals surface area contributed by atoms with Gasteiger partial charge < -0.3 is 0 Å². The van der Waals surface area contributed by atoms with Crippen molar-refractivity contribution in [3.8, 4) is 0 Å². The van der Waals surface area contributed by atoms with Gasteiger partial charge in [-0.2, -0.15) is 0 Å². The van der Waals surface area contributed by atoms with E-state index in [9.17, 15) is 0 Å². The highest BCUT2D eigenvalue weighted by atomic mass is 29.3. The molecule has 36 heavy (non-hydrogen) atoms. The number of benzene rings is 1. The Morgan fingerprint density at radius 2 is 1.00 bits per heavy atom. The van der Waals surface area contributed by atoms with E-state index in [4.69, 9.17) is 0 Å². The van der Waals surface area contributed by atoms with Gasteiger partial charge in [0.1, 0.15) is 0 Å². The summed E-state index contributed by atoms with van der Waals surface area (Å²) in [5.74, 6) is 0. The van der Waals surface area contributed by atoms with Crippen LogP contribution in [0.25, 0.3) is 0 Å². The van der Waals surface area contributed by atoms with E-state index in [2.05, 4.69) is 81.6 Å². The molecule has 1 aliphatic carbocycles. The Hall–Kier alpha value is -0.866. The van der Waals surface area contributed by atoms with Gasteiger partial charge in [-0.25, -0.2) is 0 Å². The lowest BCUT2D eigenvalue weighted by Crippen LogP contribution is -2.74. The molecule has 0 N–H and O–H groups in total. The Balaban J connectivity index is 1.73. The molecule has 0 saturated carbocycles. The summed E-state index contributed by atoms with van der Waals surface area (Å²) in [5, 5.41) is 0.251. The predicted molar refractivity (Wildman–Crippen MR) is 168 cm³/mol. The van der Waals surface area contributed by atoms with Crippen molar-refractivity contribution in [3.63, 3.8) is 0 Å². The van der Waals surface area contributed by atoms with Crippen molar-refractivity contribution in [2.45, 2.75) is 152 Å². The molecule has 0 radical (unpaired) electrons. The first kappa shape index (κ1) is 29.7. The molecule has 0 saturated heterocycles. The summed E-state index contributed by atoms with van der Waals surface area (Å²) in [7, 11) is -2.99. The lowest BCUT2D eigenvalue weighted by atomic mass is 9.93. The van der Waals surface area contributed by atoms with Gasteiger partial charge in [0.05, 0.1) is 15.2 Å². The zero-order chi connectivity index (χ0) is 25.7. The van der Waals surface area contributed by atoms with Gasteiger partial charge in [-0.15, -0.1) is 0 Å². The van der Waals surface area contributed by atoms with Crippen LogP contribution in [0, 0.1) is 0 Å². The minimum absolute atomic E-state index is 0.251. The zero-order valence-corrected chi connectivity index (χ0v) is 26.5. The number of allylic oxidation sites excluding steroid dienone is 4. The van der Waals surface area contributed by atoms with E-state index in [1.807, 2.05) is 0 Å². The third-order valence-corrected chi connectivity index (χ3v) is 30.4. The quantitative estimate of drug-likeness (QED) is 0.0962. The van der Waals surface area contributed by atoms with E-state index < -0.39 is 15.2 Å². The Labute approximate surface area is 227 Å². The lowest BCUT2D eigenvalue weighted by Gasteiger charge is -2.62. The molecule has 0 nitrogen and oxygen atoms in total. The van der Waals surface area contributed by atoms with E-state index in [1.165, 1.54) is 103 Å². The maximum atomic E-state index is 2.81. The molecule has 0 unspecified atom stereocenters. The molecule has 2 heteroatoms. The molecular weight excluding hydrogens is 465 g/mol. The first-order valence-electron chi connectivity index (χ1n) is 16.0. The molecule has 4 rings (SSSR count). The van der Waals surface area contributed by atoms with Crippen molar-refractivity contribution in [1.82, 2.24) is 0 Å². The van der Waals surface area contributed by atoms with E-state index in [1.54, 1.807) is 17.7 Å². The van der Waals surface area contributed by atoms with Gasteiger partial charge in [-0.05, 0) is 11.1 Å². The third kappa shape index (κ3) is 6.76. The van der Waals surface area contributed by atoms with Crippen LogP contribution in [0.1, 0.15) is 122 Å². The van der Waals surface area contributed by atoms with Gasteiger partial charge in [0.25, 0.3) is 0 Å². The average Bonchev–Trinajstić information content (AvgIpc) is 2.90. The summed E-state index contributed by atoms with van der Waals surface area (Å²) < 4.78 is 0. The fourth-order valence-corrected chi connectivity index (χ4v) is 27.8. The van der Waals surface area contributed by atoms with Crippen LogP contribution in [-0.2, 0) is 5.04 Å². The Bertz CT molecular complexity index is 757. The number of unbranched alkanes of at least 4 members (excludes halogenated alkanes) is 14.